The van der Waals surface area contributed by atoms with Crippen molar-refractivity contribution in [2.24, 2.45) is 0 Å². The molecular formula is C9H12Br2N2O2. The lowest BCUT2D eigenvalue weighted by Crippen LogP contribution is -2.24. The SMILES string of the molecule is CNC(=O)CCNCc1cc(Br)c(Br)o1. The summed E-state index contributed by atoms with van der Waals surface area (Å²) in [6.45, 7) is 1.25. The number of hydrogen-bond donors (Lipinski definition) is 2. The second-order valence-corrected chi connectivity index (χ2v) is 4.51. The number of nitrogens with one attached hydrogen (secondary N) is 2. The van der Waals surface area contributed by atoms with Crippen molar-refractivity contribution in [2.75, 3.05) is 13.6 Å². The van der Waals surface area contributed by atoms with Crippen molar-refractivity contribution in [1.29, 1.82) is 0 Å². The molecule has 2 N–H and O–H groups in total. The molecule has 0 saturated carbocycles. The molecule has 0 radical (unpaired) electrons. The Morgan fingerprint density at radius 3 is 2.80 bits per heavy atom. The van der Waals surface area contributed by atoms with Gasteiger partial charge in [-0.15, -0.1) is 0 Å². The van der Waals surface area contributed by atoms with E-state index in [9.17, 15) is 4.79 Å². The first-order valence-corrected chi connectivity index (χ1v) is 6.07. The summed E-state index contributed by atoms with van der Waals surface area (Å²) < 4.78 is 6.93. The molecule has 0 spiro atoms. The van der Waals surface area contributed by atoms with E-state index in [1.54, 1.807) is 7.05 Å². The van der Waals surface area contributed by atoms with Crippen LogP contribution in [-0.2, 0) is 11.3 Å². The first-order chi connectivity index (χ1) is 7.13. The summed E-state index contributed by atoms with van der Waals surface area (Å²) in [5.74, 6) is 0.856. The molecule has 1 aromatic rings. The Kier molecular flexibility index (Phi) is 5.35. The van der Waals surface area contributed by atoms with Gasteiger partial charge in [-0.05, 0) is 37.9 Å². The first-order valence-electron chi connectivity index (χ1n) is 4.48. The minimum Gasteiger partial charge on any atom is -0.452 e. The Morgan fingerprint density at radius 1 is 1.53 bits per heavy atom. The molecule has 0 unspecified atom stereocenters. The molecule has 0 fully saturated rings. The third kappa shape index (κ3) is 4.36. The highest BCUT2D eigenvalue weighted by atomic mass is 79.9. The number of carbonyl (C=O) groups is 1. The second kappa shape index (κ2) is 6.30. The average molecular weight is 340 g/mol. The third-order valence-corrected chi connectivity index (χ3v) is 3.51. The van der Waals surface area contributed by atoms with Crippen LogP contribution < -0.4 is 10.6 Å². The second-order valence-electron chi connectivity index (χ2n) is 2.93. The van der Waals surface area contributed by atoms with Crippen LogP contribution in [0.4, 0.5) is 0 Å². The number of halogens is 2. The van der Waals surface area contributed by atoms with Crippen molar-refractivity contribution < 1.29 is 9.21 Å². The van der Waals surface area contributed by atoms with Gasteiger partial charge < -0.3 is 15.1 Å². The lowest BCUT2D eigenvalue weighted by atomic mass is 10.4. The summed E-state index contributed by atoms with van der Waals surface area (Å²) in [6, 6.07) is 1.89. The highest BCUT2D eigenvalue weighted by Crippen LogP contribution is 2.26. The molecule has 0 aromatic carbocycles. The third-order valence-electron chi connectivity index (χ3n) is 1.80. The fraction of sp³-hybridized carbons (Fsp3) is 0.444. The van der Waals surface area contributed by atoms with E-state index in [2.05, 4.69) is 42.5 Å². The molecule has 0 aliphatic heterocycles. The summed E-state index contributed by atoms with van der Waals surface area (Å²) in [4.78, 5) is 10.9. The van der Waals surface area contributed by atoms with E-state index in [1.807, 2.05) is 6.07 Å². The van der Waals surface area contributed by atoms with Gasteiger partial charge in [0.2, 0.25) is 5.91 Å². The zero-order chi connectivity index (χ0) is 11.3. The predicted octanol–water partition coefficient (Wildman–Crippen LogP) is 2.03. The van der Waals surface area contributed by atoms with Crippen LogP contribution in [0.15, 0.2) is 19.6 Å². The van der Waals surface area contributed by atoms with Crippen molar-refractivity contribution in [3.63, 3.8) is 0 Å². The standard InChI is InChI=1S/C9H12Br2N2O2/c1-12-8(14)2-3-13-5-6-4-7(10)9(11)15-6/h4,13H,2-3,5H2,1H3,(H,12,14). The van der Waals surface area contributed by atoms with Gasteiger partial charge in [-0.25, -0.2) is 0 Å². The molecule has 0 saturated heterocycles. The van der Waals surface area contributed by atoms with Gasteiger partial charge in [0, 0.05) is 20.0 Å². The first kappa shape index (κ1) is 12.7. The van der Waals surface area contributed by atoms with Crippen LogP contribution >= 0.6 is 31.9 Å². The molecular weight excluding hydrogens is 328 g/mol. The highest BCUT2D eigenvalue weighted by Gasteiger charge is 2.05. The molecule has 0 bridgehead atoms. The summed E-state index contributed by atoms with van der Waals surface area (Å²) in [5.41, 5.74) is 0. The summed E-state index contributed by atoms with van der Waals surface area (Å²) in [6.07, 6.45) is 0.472. The molecule has 1 amide bonds. The van der Waals surface area contributed by atoms with E-state index in [4.69, 9.17) is 4.42 Å². The minimum atomic E-state index is 0.0318. The van der Waals surface area contributed by atoms with Gasteiger partial charge in [0.15, 0.2) is 4.67 Å². The Labute approximate surface area is 105 Å². The highest BCUT2D eigenvalue weighted by molar-refractivity contribution is 9.13. The Bertz CT molecular complexity index is 319. The molecule has 15 heavy (non-hydrogen) atoms. The van der Waals surface area contributed by atoms with E-state index >= 15 is 0 Å². The molecule has 84 valence electrons. The van der Waals surface area contributed by atoms with E-state index < -0.39 is 0 Å². The number of furan rings is 1. The largest absolute Gasteiger partial charge is 0.452 e. The van der Waals surface area contributed by atoms with Crippen molar-refractivity contribution in [2.45, 2.75) is 13.0 Å². The van der Waals surface area contributed by atoms with Crippen molar-refractivity contribution in [3.8, 4) is 0 Å². The quantitative estimate of drug-likeness (QED) is 0.807. The Hall–Kier alpha value is -0.330. The smallest absolute Gasteiger partial charge is 0.221 e. The normalized spacial score (nSPS) is 10.3. The monoisotopic (exact) mass is 338 g/mol. The van der Waals surface area contributed by atoms with E-state index in [0.29, 0.717) is 24.2 Å². The lowest BCUT2D eigenvalue weighted by molar-refractivity contribution is -0.120. The summed E-state index contributed by atoms with van der Waals surface area (Å²) >= 11 is 6.58. The van der Waals surface area contributed by atoms with Crippen molar-refractivity contribution >= 4 is 37.8 Å². The zero-order valence-corrected chi connectivity index (χ0v) is 11.4. The molecule has 1 heterocycles. The number of amides is 1. The van der Waals surface area contributed by atoms with Gasteiger partial charge in [-0.3, -0.25) is 4.79 Å². The number of rotatable bonds is 5. The van der Waals surface area contributed by atoms with Crippen LogP contribution in [0, 0.1) is 0 Å². The Balaban J connectivity index is 2.23. The predicted molar refractivity (Wildman–Crippen MR) is 64.5 cm³/mol. The maximum atomic E-state index is 10.9. The molecule has 1 aromatic heterocycles. The molecule has 6 heteroatoms. The summed E-state index contributed by atoms with van der Waals surface area (Å²) in [7, 11) is 1.63. The molecule has 0 aliphatic rings. The van der Waals surface area contributed by atoms with Gasteiger partial charge in [-0.1, -0.05) is 0 Å². The van der Waals surface area contributed by atoms with Gasteiger partial charge in [0.1, 0.15) is 5.76 Å². The maximum absolute atomic E-state index is 10.9. The van der Waals surface area contributed by atoms with Gasteiger partial charge >= 0.3 is 0 Å². The Morgan fingerprint density at radius 2 is 2.27 bits per heavy atom. The molecule has 0 atom stereocenters. The average Bonchev–Trinajstić information content (AvgIpc) is 2.53. The molecule has 1 rings (SSSR count). The van der Waals surface area contributed by atoms with Gasteiger partial charge in [0.25, 0.3) is 0 Å². The van der Waals surface area contributed by atoms with E-state index in [-0.39, 0.29) is 5.91 Å². The topological polar surface area (TPSA) is 54.3 Å². The zero-order valence-electron chi connectivity index (χ0n) is 8.27. The maximum Gasteiger partial charge on any atom is 0.221 e. The van der Waals surface area contributed by atoms with E-state index in [1.165, 1.54) is 0 Å². The van der Waals surface area contributed by atoms with E-state index in [0.717, 1.165) is 10.2 Å². The van der Waals surface area contributed by atoms with Gasteiger partial charge in [-0.2, -0.15) is 0 Å². The lowest BCUT2D eigenvalue weighted by Gasteiger charge is -2.01. The van der Waals surface area contributed by atoms with Crippen LogP contribution in [0.25, 0.3) is 0 Å². The minimum absolute atomic E-state index is 0.0318. The number of carbonyl (C=O) groups excluding carboxylic acids is 1. The van der Waals surface area contributed by atoms with Crippen molar-refractivity contribution in [1.82, 2.24) is 10.6 Å². The summed E-state index contributed by atoms with van der Waals surface area (Å²) in [5, 5.41) is 5.67. The molecule has 0 aliphatic carbocycles. The van der Waals surface area contributed by atoms with Crippen molar-refractivity contribution in [3.05, 3.63) is 21.0 Å². The van der Waals surface area contributed by atoms with Crippen LogP contribution in [0.5, 0.6) is 0 Å². The fourth-order valence-electron chi connectivity index (χ4n) is 1.02. The molecule has 4 nitrogen and oxygen atoms in total. The fourth-order valence-corrected chi connectivity index (χ4v) is 1.68. The van der Waals surface area contributed by atoms with Gasteiger partial charge in [0.05, 0.1) is 11.0 Å². The number of hydrogen-bond acceptors (Lipinski definition) is 3. The van der Waals surface area contributed by atoms with Crippen LogP contribution in [0.2, 0.25) is 0 Å². The van der Waals surface area contributed by atoms with Crippen LogP contribution in [0.3, 0.4) is 0 Å². The van der Waals surface area contributed by atoms with Crippen LogP contribution in [-0.4, -0.2) is 19.5 Å². The van der Waals surface area contributed by atoms with Crippen LogP contribution in [0.1, 0.15) is 12.2 Å².